The van der Waals surface area contributed by atoms with Crippen LogP contribution in [0.5, 0.6) is 5.75 Å². The molecule has 3 rings (SSSR count). The summed E-state index contributed by atoms with van der Waals surface area (Å²) in [4.78, 5) is 24.9. The molecule has 36 heavy (non-hydrogen) atoms. The van der Waals surface area contributed by atoms with Gasteiger partial charge >= 0.3 is 5.97 Å². The lowest BCUT2D eigenvalue weighted by Gasteiger charge is -2.26. The number of rotatable bonds is 10. The quantitative estimate of drug-likeness (QED) is 0.279. The van der Waals surface area contributed by atoms with Crippen molar-refractivity contribution < 1.29 is 32.6 Å². The van der Waals surface area contributed by atoms with Gasteiger partial charge in [0.25, 0.3) is 10.2 Å². The molecule has 12 heteroatoms. The van der Waals surface area contributed by atoms with Gasteiger partial charge in [0.15, 0.2) is 0 Å². The van der Waals surface area contributed by atoms with Crippen LogP contribution in [0.25, 0.3) is 0 Å². The third-order valence-electron chi connectivity index (χ3n) is 5.90. The van der Waals surface area contributed by atoms with E-state index in [9.17, 15) is 23.1 Å². The second-order valence-corrected chi connectivity index (χ2v) is 10.8. The number of carboxylic acids is 1. The first-order valence-electron chi connectivity index (χ1n) is 12.4. The lowest BCUT2D eigenvalue weighted by molar-refractivity contribution is -0.139. The standard InChI is InChI=1S/C24H40N4O7S/c1-17(2)22-16-34-13-5-6-14-35-19-10-8-18(9-11-19)15-21(23(29)26-22)28-36(32,33)27-20(24(30)31)7-3-4-12-25/h8-11,17,20-22,27-28H,3-7,12-16,25H2,1-2H3,(H,26,29)(H,30,31)/t20-,21?,22?/m0/s1. The Balaban J connectivity index is 2.25. The number of carboxylic acid groups (broad SMARTS) is 1. The first kappa shape index (κ1) is 30.0. The van der Waals surface area contributed by atoms with Crippen molar-refractivity contribution in [2.24, 2.45) is 11.7 Å². The van der Waals surface area contributed by atoms with E-state index in [1.165, 1.54) is 0 Å². The van der Waals surface area contributed by atoms with Crippen molar-refractivity contribution in [3.8, 4) is 5.75 Å². The number of benzene rings is 1. The van der Waals surface area contributed by atoms with E-state index in [0.717, 1.165) is 12.8 Å². The molecule has 0 spiro atoms. The molecule has 2 aliphatic heterocycles. The second-order valence-electron chi connectivity index (χ2n) is 9.30. The Morgan fingerprint density at radius 1 is 1.19 bits per heavy atom. The van der Waals surface area contributed by atoms with Crippen LogP contribution >= 0.6 is 0 Å². The molecule has 3 atom stereocenters. The van der Waals surface area contributed by atoms with Gasteiger partial charge in [-0.3, -0.25) is 9.59 Å². The Morgan fingerprint density at radius 2 is 1.89 bits per heavy atom. The van der Waals surface area contributed by atoms with E-state index in [-0.39, 0.29) is 31.4 Å². The molecule has 204 valence electrons. The summed E-state index contributed by atoms with van der Waals surface area (Å²) in [6.07, 6.45) is 2.80. The van der Waals surface area contributed by atoms with Crippen LogP contribution in [0.3, 0.4) is 0 Å². The first-order valence-corrected chi connectivity index (χ1v) is 13.9. The highest BCUT2D eigenvalue weighted by atomic mass is 32.2. The molecule has 0 saturated heterocycles. The molecule has 11 nitrogen and oxygen atoms in total. The van der Waals surface area contributed by atoms with Gasteiger partial charge in [0, 0.05) is 6.61 Å². The fourth-order valence-corrected chi connectivity index (χ4v) is 4.90. The Kier molecular flexibility index (Phi) is 12.6. The van der Waals surface area contributed by atoms with Gasteiger partial charge in [-0.2, -0.15) is 17.9 Å². The average Bonchev–Trinajstić information content (AvgIpc) is 2.81. The number of nitrogens with two attached hydrogens (primary N) is 1. The lowest BCUT2D eigenvalue weighted by atomic mass is 10.0. The maximum atomic E-state index is 13.3. The molecule has 0 aromatic heterocycles. The number of amides is 1. The number of ether oxygens (including phenoxy) is 2. The number of aliphatic carboxylic acids is 1. The van der Waals surface area contributed by atoms with Gasteiger partial charge < -0.3 is 25.6 Å². The van der Waals surface area contributed by atoms with Gasteiger partial charge in [-0.25, -0.2) is 0 Å². The summed E-state index contributed by atoms with van der Waals surface area (Å²) in [5.74, 6) is -1.10. The molecular formula is C24H40N4O7S. The minimum atomic E-state index is -4.34. The largest absolute Gasteiger partial charge is 0.494 e. The van der Waals surface area contributed by atoms with E-state index in [0.29, 0.717) is 43.9 Å². The maximum Gasteiger partial charge on any atom is 0.321 e. The van der Waals surface area contributed by atoms with E-state index >= 15 is 0 Å². The molecule has 6 N–H and O–H groups in total. The SMILES string of the molecule is CC(C)C1COCCCCOc2ccc(cc2)CC(NS(=O)(=O)N[C@@H](CCCCN)C(=O)O)C(=O)N1. The van der Waals surface area contributed by atoms with Crippen molar-refractivity contribution in [2.45, 2.75) is 70.5 Å². The van der Waals surface area contributed by atoms with Gasteiger partial charge in [0.2, 0.25) is 5.91 Å². The lowest BCUT2D eigenvalue weighted by Crippen LogP contribution is -2.56. The molecule has 2 heterocycles. The van der Waals surface area contributed by atoms with Crippen LogP contribution in [0, 0.1) is 5.92 Å². The highest BCUT2D eigenvalue weighted by molar-refractivity contribution is 7.87. The van der Waals surface area contributed by atoms with Gasteiger partial charge in [-0.1, -0.05) is 32.4 Å². The van der Waals surface area contributed by atoms with Crippen LogP contribution in [0.4, 0.5) is 0 Å². The molecule has 2 aliphatic rings. The third-order valence-corrected chi connectivity index (χ3v) is 7.09. The minimum absolute atomic E-state index is 0.0461. The predicted molar refractivity (Wildman–Crippen MR) is 136 cm³/mol. The summed E-state index contributed by atoms with van der Waals surface area (Å²) in [6, 6.07) is 4.26. The summed E-state index contributed by atoms with van der Waals surface area (Å²) in [6.45, 7) is 5.62. The van der Waals surface area contributed by atoms with E-state index < -0.39 is 34.2 Å². The monoisotopic (exact) mass is 528 g/mol. The number of carbonyl (C=O) groups excluding carboxylic acids is 1. The number of carbonyl (C=O) groups is 2. The van der Waals surface area contributed by atoms with Crippen molar-refractivity contribution in [3.63, 3.8) is 0 Å². The molecule has 0 saturated carbocycles. The molecular weight excluding hydrogens is 488 g/mol. The molecule has 0 aliphatic carbocycles. The van der Waals surface area contributed by atoms with Crippen LogP contribution in [0.15, 0.2) is 24.3 Å². The molecule has 1 aromatic rings. The normalized spacial score (nSPS) is 21.1. The molecule has 2 unspecified atom stereocenters. The fraction of sp³-hybridized carbons (Fsp3) is 0.667. The van der Waals surface area contributed by atoms with Crippen LogP contribution in [-0.4, -0.2) is 69.9 Å². The third kappa shape index (κ3) is 10.8. The highest BCUT2D eigenvalue weighted by Crippen LogP contribution is 2.15. The highest BCUT2D eigenvalue weighted by Gasteiger charge is 2.30. The topological polar surface area (TPSA) is 169 Å². The Labute approximate surface area is 213 Å². The Hall–Kier alpha value is -2.25. The predicted octanol–water partition coefficient (Wildman–Crippen LogP) is 0.934. The zero-order valence-corrected chi connectivity index (χ0v) is 21.9. The van der Waals surface area contributed by atoms with Crippen molar-refractivity contribution in [2.75, 3.05) is 26.4 Å². The number of hydrogen-bond donors (Lipinski definition) is 5. The van der Waals surface area contributed by atoms with Crippen molar-refractivity contribution in [3.05, 3.63) is 29.8 Å². The average molecular weight is 529 g/mol. The Bertz CT molecular complexity index is 925. The van der Waals surface area contributed by atoms with E-state index in [1.54, 1.807) is 24.3 Å². The molecule has 1 amide bonds. The van der Waals surface area contributed by atoms with Gasteiger partial charge in [0.05, 0.1) is 19.3 Å². The summed E-state index contributed by atoms with van der Waals surface area (Å²) >= 11 is 0. The van der Waals surface area contributed by atoms with Crippen LogP contribution in [0.1, 0.15) is 51.5 Å². The Morgan fingerprint density at radius 3 is 2.53 bits per heavy atom. The molecule has 1 aromatic carbocycles. The van der Waals surface area contributed by atoms with Crippen LogP contribution < -0.4 is 25.2 Å². The fourth-order valence-electron chi connectivity index (χ4n) is 3.67. The number of hydrogen-bond acceptors (Lipinski definition) is 7. The van der Waals surface area contributed by atoms with Gasteiger partial charge in [-0.15, -0.1) is 0 Å². The molecule has 2 bridgehead atoms. The summed E-state index contributed by atoms with van der Waals surface area (Å²) < 4.78 is 41.8. The van der Waals surface area contributed by atoms with E-state index in [2.05, 4.69) is 14.8 Å². The van der Waals surface area contributed by atoms with Crippen molar-refractivity contribution in [1.82, 2.24) is 14.8 Å². The first-order chi connectivity index (χ1) is 17.1. The van der Waals surface area contributed by atoms with E-state index in [4.69, 9.17) is 15.2 Å². The summed E-state index contributed by atoms with van der Waals surface area (Å²) in [5.41, 5.74) is 6.17. The molecule has 0 radical (unpaired) electrons. The van der Waals surface area contributed by atoms with Crippen molar-refractivity contribution in [1.29, 1.82) is 0 Å². The number of nitrogens with one attached hydrogen (secondary N) is 3. The minimum Gasteiger partial charge on any atom is -0.494 e. The van der Waals surface area contributed by atoms with E-state index in [1.807, 2.05) is 13.8 Å². The summed E-state index contributed by atoms with van der Waals surface area (Å²) in [7, 11) is -4.34. The smallest absolute Gasteiger partial charge is 0.321 e. The zero-order chi connectivity index (χ0) is 26.6. The summed E-state index contributed by atoms with van der Waals surface area (Å²) in [5, 5.41) is 12.4. The number of unbranched alkanes of at least 4 members (excludes halogenated alkanes) is 1. The second kappa shape index (κ2) is 15.1. The van der Waals surface area contributed by atoms with Crippen LogP contribution in [-0.2, 0) is 31.0 Å². The molecule has 0 fully saturated rings. The van der Waals surface area contributed by atoms with Gasteiger partial charge in [-0.05, 0) is 62.3 Å². The maximum absolute atomic E-state index is 13.3. The van der Waals surface area contributed by atoms with Gasteiger partial charge in [0.1, 0.15) is 17.8 Å². The number of fused-ring (bicyclic) bond motifs is 13. The van der Waals surface area contributed by atoms with Crippen LogP contribution in [0.2, 0.25) is 0 Å². The van der Waals surface area contributed by atoms with Crippen molar-refractivity contribution >= 4 is 22.1 Å². The zero-order valence-electron chi connectivity index (χ0n) is 21.1.